The number of halogens is 1. The van der Waals surface area contributed by atoms with Crippen LogP contribution in [0.4, 0.5) is 0 Å². The van der Waals surface area contributed by atoms with Gasteiger partial charge in [0.2, 0.25) is 0 Å². The maximum absolute atomic E-state index is 12.2. The van der Waals surface area contributed by atoms with Crippen molar-refractivity contribution in [1.82, 2.24) is 4.90 Å². The summed E-state index contributed by atoms with van der Waals surface area (Å²) in [4.78, 5) is 2.59. The molecule has 4 heteroatoms. The number of aliphatic hydroxyl groups excluding tert-OH is 2. The minimum absolute atomic E-state index is 0. The molecule has 250 valence electrons. The molecule has 5 aliphatic rings. The van der Waals surface area contributed by atoms with Gasteiger partial charge in [0.15, 0.2) is 0 Å². The highest BCUT2D eigenvalue weighted by Crippen LogP contribution is 2.78. The van der Waals surface area contributed by atoms with Gasteiger partial charge in [0.1, 0.15) is 0 Å². The average Bonchev–Trinajstić information content (AvgIpc) is 3.30. The van der Waals surface area contributed by atoms with E-state index < -0.39 is 0 Å². The Labute approximate surface area is 272 Å². The summed E-state index contributed by atoms with van der Waals surface area (Å²) >= 11 is 0. The predicted octanol–water partition coefficient (Wildman–Crippen LogP) is 9.69. The Hall–Kier alpha value is -0.0900. The van der Waals surface area contributed by atoms with Crippen molar-refractivity contribution >= 4 is 12.4 Å². The minimum Gasteiger partial charge on any atom is -0.393 e. The Bertz CT molecular complexity index is 1000. The molecule has 0 spiro atoms. The first kappa shape index (κ1) is 35.8. The molecule has 5 saturated carbocycles. The summed E-state index contributed by atoms with van der Waals surface area (Å²) in [5.41, 5.74) is 2.40. The smallest absolute Gasteiger partial charge is 0.0599 e. The summed E-state index contributed by atoms with van der Waals surface area (Å²) in [5.74, 6) is 3.15. The quantitative estimate of drug-likeness (QED) is 0.266. The molecule has 5 aliphatic carbocycles. The number of fused-ring (bicyclic) bond motifs is 7. The fourth-order valence-electron chi connectivity index (χ4n) is 13.6. The van der Waals surface area contributed by atoms with Gasteiger partial charge in [-0.05, 0) is 169 Å². The highest BCUT2D eigenvalue weighted by Gasteiger charge is 2.71. The van der Waals surface area contributed by atoms with Gasteiger partial charge in [0, 0.05) is 17.5 Å². The fourth-order valence-corrected chi connectivity index (χ4v) is 13.6. The van der Waals surface area contributed by atoms with Crippen molar-refractivity contribution < 1.29 is 10.2 Å². The molecule has 0 amide bonds. The summed E-state index contributed by atoms with van der Waals surface area (Å²) in [7, 11) is 0. The first-order chi connectivity index (χ1) is 19.5. The largest absolute Gasteiger partial charge is 0.393 e. The average molecular weight is 620 g/mol. The second kappa shape index (κ2) is 12.2. The predicted molar refractivity (Wildman–Crippen MR) is 184 cm³/mol. The van der Waals surface area contributed by atoms with Crippen LogP contribution in [0.3, 0.4) is 0 Å². The molecule has 0 radical (unpaired) electrons. The van der Waals surface area contributed by atoms with Crippen LogP contribution in [-0.4, -0.2) is 45.9 Å². The van der Waals surface area contributed by atoms with Crippen molar-refractivity contribution in [1.29, 1.82) is 0 Å². The normalized spacial score (nSPS) is 46.0. The molecule has 0 bridgehead atoms. The molecule has 0 aromatic heterocycles. The van der Waals surface area contributed by atoms with Crippen LogP contribution in [-0.2, 0) is 0 Å². The molecule has 0 unspecified atom stereocenters. The van der Waals surface area contributed by atoms with E-state index in [2.05, 4.69) is 80.7 Å². The third-order valence-corrected chi connectivity index (χ3v) is 16.0. The summed E-state index contributed by atoms with van der Waals surface area (Å²) in [6.07, 6.45) is 13.9. The minimum atomic E-state index is -0.197. The number of hydrogen-bond acceptors (Lipinski definition) is 3. The zero-order valence-corrected chi connectivity index (χ0v) is 30.7. The lowest BCUT2D eigenvalue weighted by molar-refractivity contribution is -0.253. The Balaban J connectivity index is 0.00000423. The molecule has 0 aliphatic heterocycles. The van der Waals surface area contributed by atoms with E-state index in [0.717, 1.165) is 31.7 Å². The fraction of sp³-hybridized carbons (Fsp3) is 0.949. The number of rotatable bonds is 8. The van der Waals surface area contributed by atoms with Crippen LogP contribution >= 0.6 is 12.4 Å². The molecule has 0 aromatic rings. The highest BCUT2D eigenvalue weighted by molar-refractivity contribution is 5.85. The van der Waals surface area contributed by atoms with Gasteiger partial charge >= 0.3 is 0 Å². The van der Waals surface area contributed by atoms with Crippen LogP contribution in [0.25, 0.3) is 0 Å². The molecular formula is C39H70ClNO2. The van der Waals surface area contributed by atoms with Gasteiger partial charge in [0.05, 0.1) is 12.2 Å². The zero-order valence-electron chi connectivity index (χ0n) is 29.8. The maximum atomic E-state index is 12.2. The van der Waals surface area contributed by atoms with Crippen molar-refractivity contribution in [2.45, 2.75) is 171 Å². The molecule has 0 saturated heterocycles. The Morgan fingerprint density at radius 3 is 2.07 bits per heavy atom. The van der Waals surface area contributed by atoms with Crippen molar-refractivity contribution in [3.63, 3.8) is 0 Å². The Morgan fingerprint density at radius 2 is 1.47 bits per heavy atom. The maximum Gasteiger partial charge on any atom is 0.0599 e. The topological polar surface area (TPSA) is 43.7 Å². The second-order valence-corrected chi connectivity index (χ2v) is 18.4. The van der Waals surface area contributed by atoms with Crippen molar-refractivity contribution in [2.24, 2.45) is 56.7 Å². The molecule has 43 heavy (non-hydrogen) atoms. The van der Waals surface area contributed by atoms with E-state index in [9.17, 15) is 10.2 Å². The Morgan fingerprint density at radius 1 is 0.814 bits per heavy atom. The van der Waals surface area contributed by atoms with Gasteiger partial charge in [-0.1, -0.05) is 46.8 Å². The SMILES string of the molecule is C=C(C)[C@@H]1CC[C@]2([C@H](O)CCCN(C(C)C)C(C)C)CC[C@]3(C)[C@H](CC[C@@H]4[C@@]5(C)CC[C@H](O)C(C)(C)[C@@H]5CC[C@]43C)[C@@H]12.Cl. The van der Waals surface area contributed by atoms with E-state index >= 15 is 0 Å². The molecule has 2 N–H and O–H groups in total. The summed E-state index contributed by atoms with van der Waals surface area (Å²) < 4.78 is 0. The van der Waals surface area contributed by atoms with Crippen LogP contribution in [0.2, 0.25) is 0 Å². The van der Waals surface area contributed by atoms with Crippen LogP contribution < -0.4 is 0 Å². The van der Waals surface area contributed by atoms with Gasteiger partial charge in [-0.3, -0.25) is 4.90 Å². The molecule has 3 nitrogen and oxygen atoms in total. The zero-order chi connectivity index (χ0) is 31.0. The van der Waals surface area contributed by atoms with Crippen LogP contribution in [0.1, 0.15) is 146 Å². The number of aliphatic hydroxyl groups is 2. The Kier molecular flexibility index (Phi) is 10.1. The first-order valence-electron chi connectivity index (χ1n) is 18.2. The van der Waals surface area contributed by atoms with Crippen molar-refractivity contribution in [3.8, 4) is 0 Å². The van der Waals surface area contributed by atoms with E-state index in [1.807, 2.05) is 0 Å². The molecule has 5 fully saturated rings. The van der Waals surface area contributed by atoms with E-state index in [-0.39, 0.29) is 35.4 Å². The van der Waals surface area contributed by atoms with E-state index in [1.165, 1.54) is 63.4 Å². The highest BCUT2D eigenvalue weighted by atomic mass is 35.5. The third kappa shape index (κ3) is 5.24. The van der Waals surface area contributed by atoms with Crippen molar-refractivity contribution in [3.05, 3.63) is 12.2 Å². The standard InChI is InChI=1S/C39H69NO2.ClH/c1-25(2)28-16-21-39(33(42)13-12-24-40(26(3)4)27(5)6)23-22-37(10)29(34(28)39)14-15-31-36(9)19-18-32(41)35(7,8)30(36)17-20-38(31,37)11;/h26-34,41-42H,1,12-24H2,2-11H3;1H/t28-,29+,30-,31+,32-,33+,34+,36-,37+,38+,39+;/m0./s1. The van der Waals surface area contributed by atoms with Gasteiger partial charge in [-0.25, -0.2) is 0 Å². The van der Waals surface area contributed by atoms with E-state index in [1.54, 1.807) is 0 Å². The second-order valence-electron chi connectivity index (χ2n) is 18.4. The molecule has 5 rings (SSSR count). The van der Waals surface area contributed by atoms with E-state index in [4.69, 9.17) is 0 Å². The van der Waals surface area contributed by atoms with Crippen LogP contribution in [0.15, 0.2) is 12.2 Å². The number of allylic oxidation sites excluding steroid dienone is 1. The summed E-state index contributed by atoms with van der Waals surface area (Å²) in [6, 6.07) is 1.10. The van der Waals surface area contributed by atoms with Crippen LogP contribution in [0.5, 0.6) is 0 Å². The number of hydrogen-bond donors (Lipinski definition) is 2. The van der Waals surface area contributed by atoms with E-state index in [0.29, 0.717) is 52.0 Å². The molecular weight excluding hydrogens is 550 g/mol. The third-order valence-electron chi connectivity index (χ3n) is 16.0. The van der Waals surface area contributed by atoms with Gasteiger partial charge in [0.25, 0.3) is 0 Å². The van der Waals surface area contributed by atoms with Gasteiger partial charge in [-0.2, -0.15) is 0 Å². The first-order valence-corrected chi connectivity index (χ1v) is 18.2. The van der Waals surface area contributed by atoms with Crippen molar-refractivity contribution in [2.75, 3.05) is 6.54 Å². The number of nitrogens with zero attached hydrogens (tertiary/aromatic N) is 1. The molecule has 11 atom stereocenters. The lowest BCUT2D eigenvalue weighted by Crippen LogP contribution is -2.67. The lowest BCUT2D eigenvalue weighted by Gasteiger charge is -2.73. The summed E-state index contributed by atoms with van der Waals surface area (Å²) in [6.45, 7) is 30.0. The molecule has 0 aromatic carbocycles. The van der Waals surface area contributed by atoms with Gasteiger partial charge in [-0.15, -0.1) is 12.4 Å². The lowest BCUT2D eigenvalue weighted by atomic mass is 9.32. The van der Waals surface area contributed by atoms with Crippen LogP contribution in [0, 0.1) is 56.7 Å². The summed E-state index contributed by atoms with van der Waals surface area (Å²) in [5, 5.41) is 23.3. The van der Waals surface area contributed by atoms with Gasteiger partial charge < -0.3 is 10.2 Å². The molecule has 0 heterocycles. The monoisotopic (exact) mass is 620 g/mol.